The molecule has 3 nitrogen and oxygen atoms in total. The molecule has 0 unspecified atom stereocenters. The van der Waals surface area contributed by atoms with Crippen molar-refractivity contribution in [2.24, 2.45) is 5.73 Å². The number of aromatic hydroxyl groups is 1. The first-order chi connectivity index (χ1) is 6.36. The van der Waals surface area contributed by atoms with Gasteiger partial charge in [0, 0.05) is 23.2 Å². The van der Waals surface area contributed by atoms with Crippen LogP contribution in [0.4, 0.5) is 0 Å². The van der Waals surface area contributed by atoms with Crippen molar-refractivity contribution < 1.29 is 5.11 Å². The Morgan fingerprint density at radius 2 is 2.07 bits per heavy atom. The molecule has 3 N–H and O–H groups in total. The van der Waals surface area contributed by atoms with Crippen LogP contribution >= 0.6 is 11.6 Å². The van der Waals surface area contributed by atoms with Crippen LogP contribution in [-0.4, -0.2) is 10.1 Å². The zero-order valence-corrected chi connectivity index (χ0v) is 9.39. The van der Waals surface area contributed by atoms with Gasteiger partial charge in [0.2, 0.25) is 0 Å². The van der Waals surface area contributed by atoms with Crippen LogP contribution < -0.4 is 5.73 Å². The van der Waals surface area contributed by atoms with E-state index in [9.17, 15) is 5.11 Å². The van der Waals surface area contributed by atoms with Gasteiger partial charge in [-0.05, 0) is 6.07 Å². The largest absolute Gasteiger partial charge is 0.504 e. The molecule has 0 aliphatic rings. The molecule has 14 heavy (non-hydrogen) atoms. The van der Waals surface area contributed by atoms with Crippen LogP contribution in [0.15, 0.2) is 6.07 Å². The molecule has 0 aromatic carbocycles. The second-order valence-corrected chi connectivity index (χ2v) is 4.62. The lowest BCUT2D eigenvalue weighted by Crippen LogP contribution is -2.14. The molecule has 1 aromatic rings. The van der Waals surface area contributed by atoms with Crippen LogP contribution in [0.1, 0.15) is 32.0 Å². The van der Waals surface area contributed by atoms with Gasteiger partial charge in [0.15, 0.2) is 10.9 Å². The Bertz CT molecular complexity index is 345. The summed E-state index contributed by atoms with van der Waals surface area (Å²) in [6.45, 7) is 6.35. The van der Waals surface area contributed by atoms with Gasteiger partial charge in [-0.2, -0.15) is 0 Å². The average molecular weight is 215 g/mol. The molecule has 0 radical (unpaired) electrons. The summed E-state index contributed by atoms with van der Waals surface area (Å²) in [4.78, 5) is 4.11. The lowest BCUT2D eigenvalue weighted by Gasteiger charge is -2.19. The first-order valence-electron chi connectivity index (χ1n) is 4.45. The van der Waals surface area contributed by atoms with Crippen molar-refractivity contribution >= 4 is 11.6 Å². The standard InChI is InChI=1S/C10H15ClN2O/c1-10(2,3)7-4-6(5-12)8(14)9(11)13-7/h4,14H,5,12H2,1-3H3. The Morgan fingerprint density at radius 3 is 2.50 bits per heavy atom. The summed E-state index contributed by atoms with van der Waals surface area (Å²) in [7, 11) is 0. The number of rotatable bonds is 1. The van der Waals surface area contributed by atoms with Crippen molar-refractivity contribution in [3.05, 3.63) is 22.5 Å². The highest BCUT2D eigenvalue weighted by Gasteiger charge is 2.19. The zero-order valence-electron chi connectivity index (χ0n) is 8.63. The quantitative estimate of drug-likeness (QED) is 0.705. The average Bonchev–Trinajstić information content (AvgIpc) is 2.07. The van der Waals surface area contributed by atoms with Crippen LogP contribution in [-0.2, 0) is 12.0 Å². The molecular weight excluding hydrogens is 200 g/mol. The van der Waals surface area contributed by atoms with E-state index in [0.717, 1.165) is 5.69 Å². The molecule has 0 saturated heterocycles. The smallest absolute Gasteiger partial charge is 0.171 e. The lowest BCUT2D eigenvalue weighted by molar-refractivity contribution is 0.462. The number of nitrogens with zero attached hydrogens (tertiary/aromatic N) is 1. The summed E-state index contributed by atoms with van der Waals surface area (Å²) >= 11 is 5.79. The number of nitrogens with two attached hydrogens (primary N) is 1. The van der Waals surface area contributed by atoms with Crippen LogP contribution in [0.3, 0.4) is 0 Å². The van der Waals surface area contributed by atoms with Crippen molar-refractivity contribution in [1.29, 1.82) is 0 Å². The lowest BCUT2D eigenvalue weighted by atomic mass is 9.91. The normalized spacial score (nSPS) is 11.8. The second kappa shape index (κ2) is 3.75. The Kier molecular flexibility index (Phi) is 3.02. The van der Waals surface area contributed by atoms with Gasteiger partial charge < -0.3 is 10.8 Å². The molecule has 0 aliphatic carbocycles. The van der Waals surface area contributed by atoms with Crippen LogP contribution in [0.5, 0.6) is 5.75 Å². The first-order valence-corrected chi connectivity index (χ1v) is 4.83. The Labute approximate surface area is 88.9 Å². The van der Waals surface area contributed by atoms with Gasteiger partial charge in [-0.25, -0.2) is 4.98 Å². The summed E-state index contributed by atoms with van der Waals surface area (Å²) in [5, 5.41) is 9.64. The number of hydrogen-bond donors (Lipinski definition) is 2. The maximum atomic E-state index is 9.51. The molecule has 78 valence electrons. The van der Waals surface area contributed by atoms with E-state index in [1.54, 1.807) is 6.07 Å². The van der Waals surface area contributed by atoms with Gasteiger partial charge in [-0.1, -0.05) is 32.4 Å². The number of hydrogen-bond acceptors (Lipinski definition) is 3. The van der Waals surface area contributed by atoms with E-state index >= 15 is 0 Å². The van der Waals surface area contributed by atoms with E-state index in [2.05, 4.69) is 4.98 Å². The van der Waals surface area contributed by atoms with Crippen molar-refractivity contribution in [3.8, 4) is 5.75 Å². The van der Waals surface area contributed by atoms with Gasteiger partial charge in [-0.15, -0.1) is 0 Å². The molecular formula is C10H15ClN2O. The maximum absolute atomic E-state index is 9.51. The molecule has 0 spiro atoms. The van der Waals surface area contributed by atoms with Gasteiger partial charge in [0.1, 0.15) is 0 Å². The number of halogens is 1. The van der Waals surface area contributed by atoms with Crippen molar-refractivity contribution in [2.75, 3.05) is 0 Å². The summed E-state index contributed by atoms with van der Waals surface area (Å²) in [5.74, 6) is -0.0119. The third-order valence-corrected chi connectivity index (χ3v) is 2.28. The molecule has 1 aromatic heterocycles. The van der Waals surface area contributed by atoms with E-state index in [1.165, 1.54) is 0 Å². The van der Waals surface area contributed by atoms with Crippen LogP contribution in [0.25, 0.3) is 0 Å². The summed E-state index contributed by atoms with van der Waals surface area (Å²) in [6.07, 6.45) is 0. The summed E-state index contributed by atoms with van der Waals surface area (Å²) < 4.78 is 0. The number of aromatic nitrogens is 1. The maximum Gasteiger partial charge on any atom is 0.171 e. The molecule has 1 heterocycles. The Hall–Kier alpha value is -0.800. The van der Waals surface area contributed by atoms with Gasteiger partial charge in [-0.3, -0.25) is 0 Å². The molecule has 0 bridgehead atoms. The fourth-order valence-corrected chi connectivity index (χ4v) is 1.31. The highest BCUT2D eigenvalue weighted by molar-refractivity contribution is 6.30. The molecule has 0 amide bonds. The molecule has 0 saturated carbocycles. The minimum atomic E-state index is -0.0960. The Balaban J connectivity index is 3.30. The van der Waals surface area contributed by atoms with Crippen LogP contribution in [0, 0.1) is 0 Å². The summed E-state index contributed by atoms with van der Waals surface area (Å²) in [5.41, 5.74) is 6.86. The van der Waals surface area contributed by atoms with E-state index in [4.69, 9.17) is 17.3 Å². The van der Waals surface area contributed by atoms with Crippen molar-refractivity contribution in [1.82, 2.24) is 4.98 Å². The topological polar surface area (TPSA) is 59.1 Å². The van der Waals surface area contributed by atoms with E-state index in [-0.39, 0.29) is 22.9 Å². The fraction of sp³-hybridized carbons (Fsp3) is 0.500. The minimum absolute atomic E-state index is 0.0119. The predicted octanol–water partition coefficient (Wildman–Crippen LogP) is 2.20. The minimum Gasteiger partial charge on any atom is -0.504 e. The third-order valence-electron chi connectivity index (χ3n) is 2.02. The zero-order chi connectivity index (χ0) is 10.9. The molecule has 1 rings (SSSR count). The Morgan fingerprint density at radius 1 is 1.50 bits per heavy atom. The third kappa shape index (κ3) is 2.16. The summed E-state index contributed by atoms with van der Waals surface area (Å²) in [6, 6.07) is 1.79. The monoisotopic (exact) mass is 214 g/mol. The van der Waals surface area contributed by atoms with Crippen molar-refractivity contribution in [2.45, 2.75) is 32.7 Å². The molecule has 0 fully saturated rings. The molecule has 0 aliphatic heterocycles. The number of pyridine rings is 1. The van der Waals surface area contributed by atoms with E-state index in [0.29, 0.717) is 5.56 Å². The highest BCUT2D eigenvalue weighted by atomic mass is 35.5. The molecule has 0 atom stereocenters. The highest BCUT2D eigenvalue weighted by Crippen LogP contribution is 2.30. The van der Waals surface area contributed by atoms with Crippen molar-refractivity contribution in [3.63, 3.8) is 0 Å². The SMILES string of the molecule is CC(C)(C)c1cc(CN)c(O)c(Cl)n1. The fourth-order valence-electron chi connectivity index (χ4n) is 1.10. The van der Waals surface area contributed by atoms with Gasteiger partial charge in [0.25, 0.3) is 0 Å². The predicted molar refractivity (Wildman–Crippen MR) is 57.5 cm³/mol. The van der Waals surface area contributed by atoms with Gasteiger partial charge in [0.05, 0.1) is 0 Å². The molecule has 4 heteroatoms. The van der Waals surface area contributed by atoms with Gasteiger partial charge >= 0.3 is 0 Å². The first kappa shape index (κ1) is 11.3. The van der Waals surface area contributed by atoms with E-state index < -0.39 is 0 Å². The van der Waals surface area contributed by atoms with E-state index in [1.807, 2.05) is 20.8 Å². The second-order valence-electron chi connectivity index (χ2n) is 4.26. The van der Waals surface area contributed by atoms with Crippen LogP contribution in [0.2, 0.25) is 5.15 Å².